The molecule has 1 saturated heterocycles. The summed E-state index contributed by atoms with van der Waals surface area (Å²) in [7, 11) is 0. The second-order valence-electron chi connectivity index (χ2n) is 7.98. The van der Waals surface area contributed by atoms with Crippen LogP contribution in [0.4, 0.5) is 0 Å². The van der Waals surface area contributed by atoms with Gasteiger partial charge in [-0.05, 0) is 73.8 Å². The maximum atomic E-state index is 12.8. The van der Waals surface area contributed by atoms with Gasteiger partial charge in [-0.3, -0.25) is 4.79 Å². The number of ether oxygens (including phenoxy) is 1. The molecular weight excluding hydrogens is 429 g/mol. The molecule has 0 bridgehead atoms. The number of nitrogens with zero attached hydrogens (tertiary/aromatic N) is 1. The number of benzene rings is 1. The Hall–Kier alpha value is -1.06. The number of rotatable bonds is 9. The second kappa shape index (κ2) is 12.8. The van der Waals surface area contributed by atoms with E-state index in [-0.39, 0.29) is 54.6 Å². The van der Waals surface area contributed by atoms with E-state index in [4.69, 9.17) is 21.2 Å². The molecule has 3 atom stereocenters. The summed E-state index contributed by atoms with van der Waals surface area (Å²) in [5, 5.41) is 17.7. The number of hydrogen-bond donors (Lipinski definition) is 0. The van der Waals surface area contributed by atoms with Gasteiger partial charge >= 0.3 is 18.9 Å². The van der Waals surface area contributed by atoms with Gasteiger partial charge in [0, 0.05) is 17.0 Å². The van der Waals surface area contributed by atoms with Crippen molar-refractivity contribution in [3.63, 3.8) is 0 Å². The van der Waals surface area contributed by atoms with E-state index < -0.39 is 0 Å². The van der Waals surface area contributed by atoms with Crippen LogP contribution in [0.25, 0.3) is 0 Å². The maximum absolute atomic E-state index is 12.8. The maximum Gasteiger partial charge on any atom is 1.00 e. The molecule has 8 heteroatoms. The summed E-state index contributed by atoms with van der Waals surface area (Å²) in [4.78, 5) is 18.3. The van der Waals surface area contributed by atoms with Crippen LogP contribution >= 0.6 is 23.4 Å². The minimum Gasteiger partial charge on any atom is -0.875 e. The van der Waals surface area contributed by atoms with Gasteiger partial charge in [-0.2, -0.15) is 11.8 Å². The monoisotopic (exact) mass is 457 g/mol. The van der Waals surface area contributed by atoms with Crippen LogP contribution in [0.5, 0.6) is 5.75 Å². The molecule has 0 spiro atoms. The minimum atomic E-state index is -0.246. The van der Waals surface area contributed by atoms with Crippen LogP contribution < -0.4 is 28.7 Å². The number of hydrogen-bond acceptors (Lipinski definition) is 6. The second-order valence-corrected chi connectivity index (χ2v) is 9.57. The molecule has 1 aliphatic heterocycles. The third kappa shape index (κ3) is 7.49. The number of halogens is 1. The number of ketones is 1. The fraction of sp³-hybridized carbons (Fsp3) is 0.565. The predicted octanol–water partition coefficient (Wildman–Crippen LogP) is 1.63. The number of carbonyl (C=O) groups excluding carboxylic acids is 1. The van der Waals surface area contributed by atoms with Crippen LogP contribution in [-0.2, 0) is 9.63 Å². The first-order valence-corrected chi connectivity index (χ1v) is 12.1. The van der Waals surface area contributed by atoms with Gasteiger partial charge in [0.2, 0.25) is 0 Å². The van der Waals surface area contributed by atoms with Crippen LogP contribution in [0.2, 0.25) is 5.02 Å². The summed E-state index contributed by atoms with van der Waals surface area (Å²) >= 11 is 7.80. The molecule has 0 radical (unpaired) electrons. The summed E-state index contributed by atoms with van der Waals surface area (Å²) in [6, 6.07) is 7.10. The Labute approximate surface area is 206 Å². The molecule has 2 aliphatic rings. The Morgan fingerprint density at radius 2 is 2.03 bits per heavy atom. The number of allylic oxidation sites excluding steroid dienone is 2. The zero-order valence-electron chi connectivity index (χ0n) is 18.6. The van der Waals surface area contributed by atoms with Crippen LogP contribution in [-0.4, -0.2) is 35.7 Å². The molecule has 1 aromatic carbocycles. The van der Waals surface area contributed by atoms with E-state index in [0.717, 1.165) is 24.3 Å². The standard InChI is InChI=1S/C23H30ClNO4S.Li/c1-3-4-20(25-28-13-15(2)29-19-7-5-18(24)6-8-19)23-21(26)11-17(12-22(23)27)16-9-10-30-14-16;/h5-8,15-17,26H,3-4,9-14H2,1-2H3;/q;+1/p-1/b25-20+;. The zero-order chi connectivity index (χ0) is 21.5. The predicted molar refractivity (Wildman–Crippen MR) is 120 cm³/mol. The van der Waals surface area contributed by atoms with Crippen molar-refractivity contribution in [1.82, 2.24) is 0 Å². The minimum absolute atomic E-state index is 0. The van der Waals surface area contributed by atoms with Crippen molar-refractivity contribution in [2.24, 2.45) is 17.0 Å². The Kier molecular flexibility index (Phi) is 10.9. The third-order valence-corrected chi connectivity index (χ3v) is 6.93. The average Bonchev–Trinajstić information content (AvgIpc) is 3.24. The number of thioether (sulfide) groups is 1. The first-order chi connectivity index (χ1) is 14.5. The summed E-state index contributed by atoms with van der Waals surface area (Å²) in [6.07, 6.45) is 3.09. The molecule has 1 fully saturated rings. The largest absolute Gasteiger partial charge is 1.00 e. The molecule has 3 rings (SSSR count). The average molecular weight is 458 g/mol. The number of oxime groups is 1. The van der Waals surface area contributed by atoms with Gasteiger partial charge < -0.3 is 14.7 Å². The Balaban J connectivity index is 0.00000341. The summed E-state index contributed by atoms with van der Waals surface area (Å²) in [5.74, 6) is 3.40. The molecule has 0 aromatic heterocycles. The van der Waals surface area contributed by atoms with E-state index in [1.807, 2.05) is 25.6 Å². The first-order valence-electron chi connectivity index (χ1n) is 10.6. The molecule has 0 amide bonds. The van der Waals surface area contributed by atoms with Gasteiger partial charge in [-0.1, -0.05) is 30.1 Å². The van der Waals surface area contributed by atoms with Gasteiger partial charge in [-0.15, -0.1) is 5.76 Å². The van der Waals surface area contributed by atoms with Crippen LogP contribution in [0.3, 0.4) is 0 Å². The van der Waals surface area contributed by atoms with E-state index in [1.54, 1.807) is 24.3 Å². The molecule has 164 valence electrons. The third-order valence-electron chi connectivity index (χ3n) is 5.49. The zero-order valence-corrected chi connectivity index (χ0v) is 20.1. The molecule has 5 nitrogen and oxygen atoms in total. The molecule has 1 heterocycles. The number of carbonyl (C=O) groups is 1. The van der Waals surface area contributed by atoms with Crippen molar-refractivity contribution >= 4 is 34.9 Å². The van der Waals surface area contributed by atoms with Crippen molar-refractivity contribution in [2.45, 2.75) is 52.1 Å². The molecule has 0 saturated carbocycles. The molecular formula is C23H29ClLiNO4S. The van der Waals surface area contributed by atoms with E-state index in [2.05, 4.69) is 5.16 Å². The summed E-state index contributed by atoms with van der Waals surface area (Å²) in [6.45, 7) is 4.09. The van der Waals surface area contributed by atoms with Crippen molar-refractivity contribution in [2.75, 3.05) is 18.1 Å². The fourth-order valence-electron chi connectivity index (χ4n) is 3.94. The Morgan fingerprint density at radius 1 is 1.29 bits per heavy atom. The van der Waals surface area contributed by atoms with Crippen LogP contribution in [0, 0.1) is 11.8 Å². The van der Waals surface area contributed by atoms with E-state index in [9.17, 15) is 9.90 Å². The van der Waals surface area contributed by atoms with E-state index in [0.29, 0.717) is 41.7 Å². The molecule has 1 aliphatic carbocycles. The van der Waals surface area contributed by atoms with Crippen molar-refractivity contribution < 1.29 is 38.3 Å². The van der Waals surface area contributed by atoms with Crippen LogP contribution in [0.15, 0.2) is 40.8 Å². The van der Waals surface area contributed by atoms with Crippen molar-refractivity contribution in [1.29, 1.82) is 0 Å². The van der Waals surface area contributed by atoms with Gasteiger partial charge in [0.05, 0.1) is 5.71 Å². The summed E-state index contributed by atoms with van der Waals surface area (Å²) in [5.41, 5.74) is 0.732. The molecule has 0 N–H and O–H groups in total. The van der Waals surface area contributed by atoms with Crippen LogP contribution in [0.1, 0.15) is 46.0 Å². The van der Waals surface area contributed by atoms with Crippen molar-refractivity contribution in [3.05, 3.63) is 40.6 Å². The molecule has 1 aromatic rings. The fourth-order valence-corrected chi connectivity index (χ4v) is 5.44. The van der Waals surface area contributed by atoms with Gasteiger partial charge in [0.25, 0.3) is 0 Å². The van der Waals surface area contributed by atoms with Gasteiger partial charge in [0.15, 0.2) is 12.4 Å². The first kappa shape index (κ1) is 26.2. The van der Waals surface area contributed by atoms with Crippen molar-refractivity contribution in [3.8, 4) is 5.75 Å². The molecule has 3 unspecified atom stereocenters. The SMILES string of the molecule is CCC/C(=N\OCC(C)Oc1ccc(Cl)cc1)C1=C([O-])CC(C2CCSC2)CC1=O.[Li+]. The van der Waals surface area contributed by atoms with E-state index in [1.165, 1.54) is 0 Å². The normalized spacial score (nSPS) is 22.8. The smallest absolute Gasteiger partial charge is 0.875 e. The van der Waals surface area contributed by atoms with Gasteiger partial charge in [0.1, 0.15) is 11.9 Å². The summed E-state index contributed by atoms with van der Waals surface area (Å²) < 4.78 is 5.77. The van der Waals surface area contributed by atoms with E-state index >= 15 is 0 Å². The van der Waals surface area contributed by atoms with Gasteiger partial charge in [-0.25, -0.2) is 0 Å². The topological polar surface area (TPSA) is 70.9 Å². The molecule has 31 heavy (non-hydrogen) atoms. The quantitative estimate of drug-likeness (QED) is 0.320. The Bertz CT molecular complexity index is 793. The number of Topliss-reactive ketones (excluding diaryl/α,β-unsaturated/α-hetero) is 1. The Morgan fingerprint density at radius 3 is 2.65 bits per heavy atom.